The van der Waals surface area contributed by atoms with Gasteiger partial charge in [-0.05, 0) is 31.2 Å². The molecule has 0 amide bonds. The Morgan fingerprint density at radius 3 is 2.42 bits per heavy atom. The first-order valence-corrected chi connectivity index (χ1v) is 8.00. The van der Waals surface area contributed by atoms with E-state index >= 15 is 0 Å². The van der Waals surface area contributed by atoms with Crippen molar-refractivity contribution in [3.63, 3.8) is 0 Å². The summed E-state index contributed by atoms with van der Waals surface area (Å²) in [5.41, 5.74) is 1.38. The second kappa shape index (κ2) is 8.37. The predicted octanol–water partition coefficient (Wildman–Crippen LogP) is 4.99. The van der Waals surface area contributed by atoms with Gasteiger partial charge in [0, 0.05) is 0 Å². The average molecular weight is 260 g/mol. The van der Waals surface area contributed by atoms with Gasteiger partial charge < -0.3 is 4.74 Å². The molecule has 1 atom stereocenters. The van der Waals surface area contributed by atoms with Crippen molar-refractivity contribution in [3.05, 3.63) is 35.9 Å². The molecule has 0 saturated heterocycles. The van der Waals surface area contributed by atoms with Crippen molar-refractivity contribution in [3.8, 4) is 0 Å². The normalized spacial score (nSPS) is 19.0. The van der Waals surface area contributed by atoms with Crippen LogP contribution in [0.3, 0.4) is 0 Å². The molecule has 1 aromatic rings. The van der Waals surface area contributed by atoms with Crippen LogP contribution in [0.4, 0.5) is 0 Å². The number of benzene rings is 1. The lowest BCUT2D eigenvalue weighted by Crippen LogP contribution is -2.15. The molecular formula is C18H28O. The molecule has 0 N–H and O–H groups in total. The fraction of sp³-hybridized carbons (Fsp3) is 0.667. The van der Waals surface area contributed by atoms with Crippen LogP contribution >= 0.6 is 0 Å². The Morgan fingerprint density at radius 1 is 1.05 bits per heavy atom. The Bertz CT molecular complexity index is 325. The van der Waals surface area contributed by atoms with Gasteiger partial charge in [-0.15, -0.1) is 0 Å². The van der Waals surface area contributed by atoms with E-state index in [-0.39, 0.29) is 0 Å². The second-order valence-electron chi connectivity index (χ2n) is 6.01. The molecule has 19 heavy (non-hydrogen) atoms. The highest BCUT2D eigenvalue weighted by Crippen LogP contribution is 2.27. The lowest BCUT2D eigenvalue weighted by Gasteiger charge is -2.19. The average Bonchev–Trinajstić information content (AvgIpc) is 2.68. The molecule has 1 unspecified atom stereocenters. The predicted molar refractivity (Wildman–Crippen MR) is 81.4 cm³/mol. The van der Waals surface area contributed by atoms with Crippen LogP contribution in [-0.2, 0) is 11.2 Å². The highest BCUT2D eigenvalue weighted by molar-refractivity contribution is 5.14. The molecule has 1 aliphatic carbocycles. The molecule has 2 rings (SSSR count). The first-order valence-electron chi connectivity index (χ1n) is 8.00. The summed E-state index contributed by atoms with van der Waals surface area (Å²) < 4.78 is 5.99. The van der Waals surface area contributed by atoms with Crippen LogP contribution in [0, 0.1) is 5.92 Å². The molecule has 1 nitrogen and oxygen atoms in total. The summed E-state index contributed by atoms with van der Waals surface area (Å²) >= 11 is 0. The third-order valence-corrected chi connectivity index (χ3v) is 4.28. The largest absolute Gasteiger partial charge is 0.378 e. The van der Waals surface area contributed by atoms with E-state index in [1.807, 2.05) is 0 Å². The third-order valence-electron chi connectivity index (χ3n) is 4.28. The lowest BCUT2D eigenvalue weighted by molar-refractivity contribution is 0.0489. The Morgan fingerprint density at radius 2 is 1.74 bits per heavy atom. The highest BCUT2D eigenvalue weighted by atomic mass is 16.5. The van der Waals surface area contributed by atoms with E-state index in [0.717, 1.165) is 18.9 Å². The van der Waals surface area contributed by atoms with Gasteiger partial charge >= 0.3 is 0 Å². The SMILES string of the molecule is CC(CC1CCCCCC1)OCCc1ccccc1. The Labute approximate surface area is 118 Å². The minimum atomic E-state index is 0.423. The second-order valence-corrected chi connectivity index (χ2v) is 6.01. The number of ether oxygens (including phenoxy) is 1. The van der Waals surface area contributed by atoms with Gasteiger partial charge in [0.2, 0.25) is 0 Å². The van der Waals surface area contributed by atoms with Crippen LogP contribution in [-0.4, -0.2) is 12.7 Å². The summed E-state index contributed by atoms with van der Waals surface area (Å²) in [5.74, 6) is 0.911. The minimum Gasteiger partial charge on any atom is -0.378 e. The summed E-state index contributed by atoms with van der Waals surface area (Å²) in [6.45, 7) is 3.10. The molecule has 0 heterocycles. The Kier molecular flexibility index (Phi) is 6.43. The van der Waals surface area contributed by atoms with Gasteiger partial charge in [-0.3, -0.25) is 0 Å². The number of hydrogen-bond acceptors (Lipinski definition) is 1. The molecule has 1 heteroatoms. The van der Waals surface area contributed by atoms with Crippen LogP contribution in [0.5, 0.6) is 0 Å². The summed E-state index contributed by atoms with van der Waals surface area (Å²) in [7, 11) is 0. The van der Waals surface area contributed by atoms with E-state index in [0.29, 0.717) is 6.10 Å². The molecule has 1 aliphatic rings. The van der Waals surface area contributed by atoms with Crippen LogP contribution in [0.2, 0.25) is 0 Å². The fourth-order valence-corrected chi connectivity index (χ4v) is 3.16. The van der Waals surface area contributed by atoms with Gasteiger partial charge in [-0.2, -0.15) is 0 Å². The van der Waals surface area contributed by atoms with Crippen LogP contribution < -0.4 is 0 Å². The maximum atomic E-state index is 5.99. The van der Waals surface area contributed by atoms with Gasteiger partial charge in [-0.1, -0.05) is 68.9 Å². The summed E-state index contributed by atoms with van der Waals surface area (Å²) in [5, 5.41) is 0. The van der Waals surface area contributed by atoms with Gasteiger partial charge in [0.05, 0.1) is 12.7 Å². The fourth-order valence-electron chi connectivity index (χ4n) is 3.16. The molecule has 0 aromatic heterocycles. The molecule has 1 saturated carbocycles. The van der Waals surface area contributed by atoms with E-state index in [2.05, 4.69) is 37.3 Å². The van der Waals surface area contributed by atoms with Crippen molar-refractivity contribution >= 4 is 0 Å². The molecule has 1 fully saturated rings. The zero-order valence-electron chi connectivity index (χ0n) is 12.3. The number of hydrogen-bond donors (Lipinski definition) is 0. The summed E-state index contributed by atoms with van der Waals surface area (Å²) in [4.78, 5) is 0. The topological polar surface area (TPSA) is 9.23 Å². The first-order chi connectivity index (χ1) is 9.34. The van der Waals surface area contributed by atoms with Crippen LogP contribution in [0.25, 0.3) is 0 Å². The molecular weight excluding hydrogens is 232 g/mol. The van der Waals surface area contributed by atoms with Gasteiger partial charge in [-0.25, -0.2) is 0 Å². The summed E-state index contributed by atoms with van der Waals surface area (Å²) in [6.07, 6.45) is 11.3. The maximum Gasteiger partial charge on any atom is 0.0549 e. The van der Waals surface area contributed by atoms with Crippen molar-refractivity contribution < 1.29 is 4.74 Å². The minimum absolute atomic E-state index is 0.423. The summed E-state index contributed by atoms with van der Waals surface area (Å²) in [6, 6.07) is 10.6. The Balaban J connectivity index is 1.62. The molecule has 106 valence electrons. The molecule has 0 spiro atoms. The van der Waals surface area contributed by atoms with Crippen molar-refractivity contribution in [2.24, 2.45) is 5.92 Å². The third kappa shape index (κ3) is 5.78. The lowest BCUT2D eigenvalue weighted by atomic mass is 9.94. The van der Waals surface area contributed by atoms with Gasteiger partial charge in [0.25, 0.3) is 0 Å². The van der Waals surface area contributed by atoms with Crippen molar-refractivity contribution in [2.45, 2.75) is 64.4 Å². The monoisotopic (exact) mass is 260 g/mol. The van der Waals surface area contributed by atoms with E-state index in [9.17, 15) is 0 Å². The molecule has 0 aliphatic heterocycles. The maximum absolute atomic E-state index is 5.99. The molecule has 0 bridgehead atoms. The highest BCUT2D eigenvalue weighted by Gasteiger charge is 2.15. The van der Waals surface area contributed by atoms with Crippen LogP contribution in [0.1, 0.15) is 57.4 Å². The quantitative estimate of drug-likeness (QED) is 0.654. The number of rotatable bonds is 6. The Hall–Kier alpha value is -0.820. The van der Waals surface area contributed by atoms with Crippen molar-refractivity contribution in [1.29, 1.82) is 0 Å². The van der Waals surface area contributed by atoms with E-state index in [4.69, 9.17) is 4.74 Å². The van der Waals surface area contributed by atoms with E-state index < -0.39 is 0 Å². The van der Waals surface area contributed by atoms with Gasteiger partial charge in [0.15, 0.2) is 0 Å². The van der Waals surface area contributed by atoms with Gasteiger partial charge in [0.1, 0.15) is 0 Å². The first kappa shape index (κ1) is 14.6. The zero-order chi connectivity index (χ0) is 13.3. The van der Waals surface area contributed by atoms with E-state index in [1.165, 1.54) is 50.5 Å². The molecule has 0 radical (unpaired) electrons. The molecule has 1 aromatic carbocycles. The smallest absolute Gasteiger partial charge is 0.0549 e. The van der Waals surface area contributed by atoms with Crippen molar-refractivity contribution in [2.75, 3.05) is 6.61 Å². The van der Waals surface area contributed by atoms with Crippen molar-refractivity contribution in [1.82, 2.24) is 0 Å². The standard InChI is InChI=1S/C18H28O/c1-16(15-18-11-5-2-3-6-12-18)19-14-13-17-9-7-4-8-10-17/h4,7-10,16,18H,2-3,5-6,11-15H2,1H3. The van der Waals surface area contributed by atoms with E-state index in [1.54, 1.807) is 0 Å². The van der Waals surface area contributed by atoms with Crippen LogP contribution in [0.15, 0.2) is 30.3 Å². The zero-order valence-corrected chi connectivity index (χ0v) is 12.3.